The summed E-state index contributed by atoms with van der Waals surface area (Å²) in [6.07, 6.45) is 2.82. The number of para-hydroxylation sites is 1. The van der Waals surface area contributed by atoms with Crippen molar-refractivity contribution in [3.63, 3.8) is 0 Å². The topological polar surface area (TPSA) is 39.9 Å². The van der Waals surface area contributed by atoms with E-state index in [2.05, 4.69) is 17.1 Å². The average Bonchev–Trinajstić information content (AvgIpc) is 2.78. The highest BCUT2D eigenvalue weighted by Gasteiger charge is 2.08. The zero-order valence-electron chi connectivity index (χ0n) is 11.1. The van der Waals surface area contributed by atoms with Gasteiger partial charge in [0.05, 0.1) is 6.61 Å². The normalized spacial score (nSPS) is 10.6. The van der Waals surface area contributed by atoms with Gasteiger partial charge in [-0.3, -0.25) is 0 Å². The summed E-state index contributed by atoms with van der Waals surface area (Å²) in [6.45, 7) is 3.56. The molecule has 0 unspecified atom stereocenters. The number of hydrogen-bond acceptors (Lipinski definition) is 3. The van der Waals surface area contributed by atoms with E-state index in [-0.39, 0.29) is 0 Å². The third-order valence-electron chi connectivity index (χ3n) is 2.79. The van der Waals surface area contributed by atoms with Crippen molar-refractivity contribution in [1.82, 2.24) is 14.8 Å². The van der Waals surface area contributed by atoms with E-state index in [1.54, 1.807) is 0 Å². The van der Waals surface area contributed by atoms with Gasteiger partial charge >= 0.3 is 0 Å². The third kappa shape index (κ3) is 3.96. The Bertz CT molecular complexity index is 499. The summed E-state index contributed by atoms with van der Waals surface area (Å²) in [5.74, 6) is 1.85. The lowest BCUT2D eigenvalue weighted by Crippen LogP contribution is -2.08. The maximum Gasteiger partial charge on any atom is 0.225 e. The first-order valence-corrected chi connectivity index (χ1v) is 6.94. The second-order valence-corrected chi connectivity index (χ2v) is 4.64. The first kappa shape index (κ1) is 13.9. The zero-order chi connectivity index (χ0) is 13.5. The zero-order valence-corrected chi connectivity index (χ0v) is 11.8. The first-order chi connectivity index (χ1) is 9.31. The molecule has 0 N–H and O–H groups in total. The molecule has 1 aromatic carbocycles. The Labute approximate surface area is 118 Å². The first-order valence-electron chi connectivity index (χ1n) is 6.56. The molecule has 2 aromatic rings. The molecule has 0 saturated heterocycles. The Morgan fingerprint density at radius 2 is 2.00 bits per heavy atom. The predicted molar refractivity (Wildman–Crippen MR) is 75.6 cm³/mol. The molecule has 19 heavy (non-hydrogen) atoms. The van der Waals surface area contributed by atoms with Gasteiger partial charge in [0.2, 0.25) is 5.28 Å². The van der Waals surface area contributed by atoms with Gasteiger partial charge in [0.15, 0.2) is 0 Å². The fourth-order valence-corrected chi connectivity index (χ4v) is 2.09. The Hall–Kier alpha value is -1.55. The van der Waals surface area contributed by atoms with E-state index in [1.807, 2.05) is 34.9 Å². The van der Waals surface area contributed by atoms with Crippen LogP contribution >= 0.6 is 11.6 Å². The number of nitrogens with zero attached hydrogens (tertiary/aromatic N) is 3. The molecular weight excluding hydrogens is 262 g/mol. The van der Waals surface area contributed by atoms with Crippen molar-refractivity contribution in [2.24, 2.45) is 0 Å². The second kappa shape index (κ2) is 7.14. The summed E-state index contributed by atoms with van der Waals surface area (Å²) in [7, 11) is 0. The number of halogens is 1. The van der Waals surface area contributed by atoms with Crippen LogP contribution in [-0.4, -0.2) is 21.4 Å². The molecule has 0 fully saturated rings. The van der Waals surface area contributed by atoms with Crippen molar-refractivity contribution in [1.29, 1.82) is 0 Å². The molecule has 0 aliphatic heterocycles. The minimum Gasteiger partial charge on any atom is -0.494 e. The van der Waals surface area contributed by atoms with Gasteiger partial charge in [-0.25, -0.2) is 0 Å². The number of hydrogen-bond donors (Lipinski definition) is 0. The number of aryl methyl sites for hydroxylation is 1. The van der Waals surface area contributed by atoms with Crippen molar-refractivity contribution in [2.75, 3.05) is 6.61 Å². The Balaban J connectivity index is 1.81. The van der Waals surface area contributed by atoms with Crippen LogP contribution in [0.3, 0.4) is 0 Å². The van der Waals surface area contributed by atoms with Crippen molar-refractivity contribution >= 4 is 11.6 Å². The standard InChI is InChI=1S/C14H18ClN3O/c1-2-7-13-16-17-14(15)18(13)10-6-11-19-12-8-4-3-5-9-12/h3-5,8-9H,2,6-7,10-11H2,1H3. The van der Waals surface area contributed by atoms with E-state index in [1.165, 1.54) is 0 Å². The third-order valence-corrected chi connectivity index (χ3v) is 3.07. The van der Waals surface area contributed by atoms with Gasteiger partial charge < -0.3 is 9.30 Å². The molecule has 0 aliphatic carbocycles. The van der Waals surface area contributed by atoms with Crippen molar-refractivity contribution in [3.05, 3.63) is 41.4 Å². The van der Waals surface area contributed by atoms with Crippen LogP contribution in [0.25, 0.3) is 0 Å². The highest BCUT2D eigenvalue weighted by molar-refractivity contribution is 6.28. The molecule has 1 heterocycles. The molecule has 102 valence electrons. The van der Waals surface area contributed by atoms with E-state index in [4.69, 9.17) is 16.3 Å². The van der Waals surface area contributed by atoms with E-state index in [0.717, 1.165) is 37.4 Å². The number of rotatable bonds is 7. The van der Waals surface area contributed by atoms with Gasteiger partial charge in [0.1, 0.15) is 11.6 Å². The second-order valence-electron chi connectivity index (χ2n) is 4.30. The summed E-state index contributed by atoms with van der Waals surface area (Å²) < 4.78 is 7.60. The minimum absolute atomic E-state index is 0.461. The lowest BCUT2D eigenvalue weighted by atomic mass is 10.3. The van der Waals surface area contributed by atoms with E-state index in [9.17, 15) is 0 Å². The molecular formula is C14H18ClN3O. The van der Waals surface area contributed by atoms with Crippen molar-refractivity contribution in [2.45, 2.75) is 32.7 Å². The molecule has 0 aliphatic rings. The Morgan fingerprint density at radius 1 is 1.21 bits per heavy atom. The smallest absolute Gasteiger partial charge is 0.225 e. The molecule has 0 atom stereocenters. The van der Waals surface area contributed by atoms with E-state index in [0.29, 0.717) is 11.9 Å². The summed E-state index contributed by atoms with van der Waals surface area (Å²) in [4.78, 5) is 0. The lowest BCUT2D eigenvalue weighted by Gasteiger charge is -2.08. The molecule has 0 bridgehead atoms. The van der Waals surface area contributed by atoms with Crippen LogP contribution < -0.4 is 4.74 Å². The van der Waals surface area contributed by atoms with Gasteiger partial charge in [0, 0.05) is 13.0 Å². The summed E-state index contributed by atoms with van der Waals surface area (Å²) >= 11 is 6.03. The average molecular weight is 280 g/mol. The largest absolute Gasteiger partial charge is 0.494 e. The van der Waals surface area contributed by atoms with Crippen molar-refractivity contribution < 1.29 is 4.74 Å². The molecule has 5 heteroatoms. The maximum atomic E-state index is 6.03. The van der Waals surface area contributed by atoms with Crippen LogP contribution in [0.1, 0.15) is 25.6 Å². The van der Waals surface area contributed by atoms with Crippen LogP contribution in [-0.2, 0) is 13.0 Å². The van der Waals surface area contributed by atoms with Crippen LogP contribution in [0.2, 0.25) is 5.28 Å². The quantitative estimate of drug-likeness (QED) is 0.730. The van der Waals surface area contributed by atoms with Gasteiger partial charge in [-0.2, -0.15) is 0 Å². The maximum absolute atomic E-state index is 6.03. The molecule has 0 radical (unpaired) electrons. The van der Waals surface area contributed by atoms with Gasteiger partial charge in [-0.1, -0.05) is 25.1 Å². The van der Waals surface area contributed by atoms with Gasteiger partial charge in [-0.15, -0.1) is 10.2 Å². The van der Waals surface area contributed by atoms with E-state index < -0.39 is 0 Å². The number of ether oxygens (including phenoxy) is 1. The van der Waals surface area contributed by atoms with Gasteiger partial charge in [0.25, 0.3) is 0 Å². The minimum atomic E-state index is 0.461. The van der Waals surface area contributed by atoms with Crippen LogP contribution in [0.4, 0.5) is 0 Å². The Kier molecular flexibility index (Phi) is 5.21. The monoisotopic (exact) mass is 279 g/mol. The highest BCUT2D eigenvalue weighted by Crippen LogP contribution is 2.12. The van der Waals surface area contributed by atoms with Crippen LogP contribution in [0.15, 0.2) is 30.3 Å². The van der Waals surface area contributed by atoms with E-state index >= 15 is 0 Å². The summed E-state index contributed by atoms with van der Waals surface area (Å²) in [6, 6.07) is 9.81. The van der Waals surface area contributed by atoms with Gasteiger partial charge in [-0.05, 0) is 36.6 Å². The molecule has 1 aromatic heterocycles. The predicted octanol–water partition coefficient (Wildman–Crippen LogP) is 3.35. The Morgan fingerprint density at radius 3 is 2.74 bits per heavy atom. The summed E-state index contributed by atoms with van der Waals surface area (Å²) in [5.41, 5.74) is 0. The highest BCUT2D eigenvalue weighted by atomic mass is 35.5. The van der Waals surface area contributed by atoms with Crippen molar-refractivity contribution in [3.8, 4) is 5.75 Å². The van der Waals surface area contributed by atoms with Crippen LogP contribution in [0, 0.1) is 0 Å². The molecule has 0 saturated carbocycles. The molecule has 0 amide bonds. The molecule has 2 rings (SSSR count). The fraction of sp³-hybridized carbons (Fsp3) is 0.429. The number of aromatic nitrogens is 3. The lowest BCUT2D eigenvalue weighted by molar-refractivity contribution is 0.301. The molecule has 0 spiro atoms. The number of benzene rings is 1. The molecule has 4 nitrogen and oxygen atoms in total. The SMILES string of the molecule is CCCc1nnc(Cl)n1CCCOc1ccccc1. The van der Waals surface area contributed by atoms with Crippen LogP contribution in [0.5, 0.6) is 5.75 Å². The fourth-order valence-electron chi connectivity index (χ4n) is 1.87. The summed E-state index contributed by atoms with van der Waals surface area (Å²) in [5, 5.41) is 8.45.